The van der Waals surface area contributed by atoms with Gasteiger partial charge in [-0.05, 0) is 12.8 Å². The Morgan fingerprint density at radius 1 is 1.06 bits per heavy atom. The van der Waals surface area contributed by atoms with Crippen LogP contribution in [0.4, 0.5) is 11.9 Å². The summed E-state index contributed by atoms with van der Waals surface area (Å²) in [6.07, 6.45) is 5.71. The molecule has 0 aliphatic rings. The molecule has 0 radical (unpaired) electrons. The van der Waals surface area contributed by atoms with Crippen molar-refractivity contribution in [3.05, 3.63) is 0 Å². The van der Waals surface area contributed by atoms with Crippen molar-refractivity contribution < 1.29 is 4.74 Å². The van der Waals surface area contributed by atoms with Gasteiger partial charge in [-0.15, -0.1) is 0 Å². The lowest BCUT2D eigenvalue weighted by atomic mass is 10.2. The standard InChI is InChI=1S/C12H23N5O/c1-3-5-6-7-8-14-11-15-10(13)16-12(17-11)18-9-4-2/h3-9H2,1-2H3,(H3,13,14,15,16,17). The Kier molecular flexibility index (Phi) is 6.83. The van der Waals surface area contributed by atoms with Gasteiger partial charge in [-0.1, -0.05) is 33.1 Å². The van der Waals surface area contributed by atoms with Crippen molar-refractivity contribution >= 4 is 11.9 Å². The molecule has 0 aliphatic heterocycles. The van der Waals surface area contributed by atoms with Gasteiger partial charge in [-0.2, -0.15) is 15.0 Å². The van der Waals surface area contributed by atoms with E-state index >= 15 is 0 Å². The summed E-state index contributed by atoms with van der Waals surface area (Å²) in [7, 11) is 0. The molecule has 0 saturated carbocycles. The Morgan fingerprint density at radius 3 is 2.61 bits per heavy atom. The number of rotatable bonds is 9. The maximum atomic E-state index is 5.60. The minimum absolute atomic E-state index is 0.187. The summed E-state index contributed by atoms with van der Waals surface area (Å²) in [6.45, 7) is 5.64. The highest BCUT2D eigenvalue weighted by molar-refractivity contribution is 5.32. The summed E-state index contributed by atoms with van der Waals surface area (Å²) in [6, 6.07) is 0.292. The molecule has 1 rings (SSSR count). The smallest absolute Gasteiger partial charge is 0.323 e. The summed E-state index contributed by atoms with van der Waals surface area (Å²) in [5, 5.41) is 3.14. The van der Waals surface area contributed by atoms with Crippen molar-refractivity contribution in [1.82, 2.24) is 15.0 Å². The van der Waals surface area contributed by atoms with E-state index in [0.29, 0.717) is 18.6 Å². The zero-order chi connectivity index (χ0) is 13.2. The molecule has 0 spiro atoms. The first-order valence-electron chi connectivity index (χ1n) is 6.64. The number of anilines is 2. The molecule has 18 heavy (non-hydrogen) atoms. The molecule has 0 unspecified atom stereocenters. The van der Waals surface area contributed by atoms with E-state index in [4.69, 9.17) is 10.5 Å². The van der Waals surface area contributed by atoms with Gasteiger partial charge < -0.3 is 15.8 Å². The van der Waals surface area contributed by atoms with Crippen molar-refractivity contribution in [2.75, 3.05) is 24.2 Å². The van der Waals surface area contributed by atoms with Gasteiger partial charge in [0.25, 0.3) is 0 Å². The molecule has 0 fully saturated rings. The summed E-state index contributed by atoms with van der Waals surface area (Å²) >= 11 is 0. The van der Waals surface area contributed by atoms with E-state index in [1.807, 2.05) is 6.92 Å². The highest BCUT2D eigenvalue weighted by Gasteiger charge is 2.04. The lowest BCUT2D eigenvalue weighted by Gasteiger charge is -2.07. The maximum absolute atomic E-state index is 5.60. The van der Waals surface area contributed by atoms with E-state index in [-0.39, 0.29) is 5.95 Å². The fourth-order valence-corrected chi connectivity index (χ4v) is 1.46. The number of unbranched alkanes of at least 4 members (excludes halogenated alkanes) is 3. The minimum atomic E-state index is 0.187. The van der Waals surface area contributed by atoms with Crippen molar-refractivity contribution in [3.8, 4) is 6.01 Å². The van der Waals surface area contributed by atoms with Crippen LogP contribution in [0.5, 0.6) is 6.01 Å². The fourth-order valence-electron chi connectivity index (χ4n) is 1.46. The Morgan fingerprint density at radius 2 is 1.89 bits per heavy atom. The van der Waals surface area contributed by atoms with Gasteiger partial charge in [0.2, 0.25) is 11.9 Å². The van der Waals surface area contributed by atoms with Gasteiger partial charge in [0.1, 0.15) is 0 Å². The maximum Gasteiger partial charge on any atom is 0.323 e. The first-order valence-corrected chi connectivity index (χ1v) is 6.64. The van der Waals surface area contributed by atoms with Crippen molar-refractivity contribution in [3.63, 3.8) is 0 Å². The van der Waals surface area contributed by atoms with Crippen LogP contribution in [0.15, 0.2) is 0 Å². The fraction of sp³-hybridized carbons (Fsp3) is 0.750. The third-order valence-electron chi connectivity index (χ3n) is 2.38. The molecular formula is C12H23N5O. The molecule has 0 bridgehead atoms. The van der Waals surface area contributed by atoms with E-state index in [2.05, 4.69) is 27.2 Å². The van der Waals surface area contributed by atoms with Crippen LogP contribution in [0.2, 0.25) is 0 Å². The minimum Gasteiger partial charge on any atom is -0.463 e. The van der Waals surface area contributed by atoms with Crippen LogP contribution < -0.4 is 15.8 Å². The second-order valence-corrected chi connectivity index (χ2v) is 4.14. The lowest BCUT2D eigenvalue weighted by Crippen LogP contribution is -2.10. The number of ether oxygens (including phenoxy) is 1. The first-order chi connectivity index (χ1) is 8.76. The third-order valence-corrected chi connectivity index (χ3v) is 2.38. The molecule has 6 heteroatoms. The molecule has 0 amide bonds. The van der Waals surface area contributed by atoms with E-state index in [1.165, 1.54) is 19.3 Å². The second kappa shape index (κ2) is 8.49. The molecule has 0 saturated heterocycles. The number of nitrogens with zero attached hydrogens (tertiary/aromatic N) is 3. The average molecular weight is 253 g/mol. The average Bonchev–Trinajstić information content (AvgIpc) is 2.35. The Labute approximate surface area is 108 Å². The van der Waals surface area contributed by atoms with Crippen LogP contribution in [0, 0.1) is 0 Å². The number of nitrogens with one attached hydrogen (secondary N) is 1. The van der Waals surface area contributed by atoms with Crippen LogP contribution in [-0.4, -0.2) is 28.1 Å². The quantitative estimate of drug-likeness (QED) is 0.656. The zero-order valence-electron chi connectivity index (χ0n) is 11.3. The molecule has 0 aliphatic carbocycles. The third kappa shape index (κ3) is 5.65. The van der Waals surface area contributed by atoms with E-state index in [0.717, 1.165) is 19.4 Å². The van der Waals surface area contributed by atoms with Gasteiger partial charge in [-0.3, -0.25) is 0 Å². The van der Waals surface area contributed by atoms with E-state index < -0.39 is 0 Å². The van der Waals surface area contributed by atoms with Gasteiger partial charge >= 0.3 is 6.01 Å². The van der Waals surface area contributed by atoms with Gasteiger partial charge in [0.05, 0.1) is 6.61 Å². The molecule has 102 valence electrons. The molecular weight excluding hydrogens is 230 g/mol. The Hall–Kier alpha value is -1.59. The second-order valence-electron chi connectivity index (χ2n) is 4.14. The molecule has 6 nitrogen and oxygen atoms in total. The van der Waals surface area contributed by atoms with Crippen molar-refractivity contribution in [2.45, 2.75) is 46.0 Å². The Balaban J connectivity index is 2.41. The highest BCUT2D eigenvalue weighted by Crippen LogP contribution is 2.09. The van der Waals surface area contributed by atoms with Crippen LogP contribution in [0.1, 0.15) is 46.0 Å². The van der Waals surface area contributed by atoms with Crippen LogP contribution in [0.25, 0.3) is 0 Å². The number of nitrogen functional groups attached to an aromatic ring is 1. The predicted molar refractivity (Wildman–Crippen MR) is 72.7 cm³/mol. The molecule has 0 aromatic carbocycles. The van der Waals surface area contributed by atoms with Crippen molar-refractivity contribution in [1.29, 1.82) is 0 Å². The molecule has 3 N–H and O–H groups in total. The topological polar surface area (TPSA) is 86.0 Å². The number of hydrogen-bond donors (Lipinski definition) is 2. The summed E-state index contributed by atoms with van der Waals surface area (Å²) in [4.78, 5) is 12.1. The number of hydrogen-bond acceptors (Lipinski definition) is 6. The van der Waals surface area contributed by atoms with Gasteiger partial charge in [-0.25, -0.2) is 0 Å². The molecule has 1 aromatic heterocycles. The number of nitrogens with two attached hydrogens (primary N) is 1. The summed E-state index contributed by atoms with van der Waals surface area (Å²) < 4.78 is 5.34. The van der Waals surface area contributed by atoms with Gasteiger partial charge in [0, 0.05) is 6.54 Å². The zero-order valence-corrected chi connectivity index (χ0v) is 11.3. The molecule has 0 atom stereocenters. The first kappa shape index (κ1) is 14.5. The predicted octanol–water partition coefficient (Wildman–Crippen LogP) is 2.23. The normalized spacial score (nSPS) is 10.3. The monoisotopic (exact) mass is 253 g/mol. The lowest BCUT2D eigenvalue weighted by molar-refractivity contribution is 0.292. The summed E-state index contributed by atoms with van der Waals surface area (Å²) in [5.41, 5.74) is 5.60. The van der Waals surface area contributed by atoms with Crippen molar-refractivity contribution in [2.24, 2.45) is 0 Å². The highest BCUT2D eigenvalue weighted by atomic mass is 16.5. The summed E-state index contributed by atoms with van der Waals surface area (Å²) in [5.74, 6) is 0.678. The molecule has 1 heterocycles. The SMILES string of the molecule is CCCCCCNc1nc(N)nc(OCCC)n1. The largest absolute Gasteiger partial charge is 0.463 e. The Bertz CT molecular complexity index is 345. The van der Waals surface area contributed by atoms with Gasteiger partial charge in [0.15, 0.2) is 0 Å². The van der Waals surface area contributed by atoms with E-state index in [1.54, 1.807) is 0 Å². The molecule has 1 aromatic rings. The van der Waals surface area contributed by atoms with Crippen LogP contribution in [-0.2, 0) is 0 Å². The number of aromatic nitrogens is 3. The van der Waals surface area contributed by atoms with E-state index in [9.17, 15) is 0 Å². The van der Waals surface area contributed by atoms with Crippen LogP contribution >= 0.6 is 0 Å². The van der Waals surface area contributed by atoms with Crippen LogP contribution in [0.3, 0.4) is 0 Å².